The van der Waals surface area contributed by atoms with Crippen LogP contribution in [-0.4, -0.2) is 19.5 Å². The average Bonchev–Trinajstić information content (AvgIpc) is 3.68. The Bertz CT molecular complexity index is 2660. The van der Waals surface area contributed by atoms with Gasteiger partial charge in [0, 0.05) is 48.6 Å². The van der Waals surface area contributed by atoms with E-state index in [-0.39, 0.29) is 0 Å². The first-order valence-corrected chi connectivity index (χ1v) is 15.8. The Balaban J connectivity index is 1.29. The molecule has 0 aliphatic rings. The van der Waals surface area contributed by atoms with E-state index in [1.807, 2.05) is 59.9 Å². The number of nitrogens with zero attached hydrogens (tertiary/aromatic N) is 5. The van der Waals surface area contributed by atoms with Crippen LogP contribution in [0.25, 0.3) is 86.7 Å². The molecule has 0 fully saturated rings. The van der Waals surface area contributed by atoms with E-state index in [4.69, 9.17) is 21.5 Å². The average molecular weight is 606 g/mol. The summed E-state index contributed by atoms with van der Waals surface area (Å²) in [6.07, 6.45) is 0. The molecule has 6 aromatic carbocycles. The van der Waals surface area contributed by atoms with E-state index in [0.29, 0.717) is 23.2 Å². The Morgan fingerprint density at radius 2 is 1.15 bits per heavy atom. The lowest BCUT2D eigenvalue weighted by Gasteiger charge is -2.12. The van der Waals surface area contributed by atoms with Crippen molar-refractivity contribution in [3.05, 3.63) is 151 Å². The van der Waals surface area contributed by atoms with Crippen LogP contribution in [0, 0.1) is 6.57 Å². The van der Waals surface area contributed by atoms with Gasteiger partial charge in [-0.2, -0.15) is 0 Å². The second kappa shape index (κ2) is 10.5. The summed E-state index contributed by atoms with van der Waals surface area (Å²) in [5.41, 5.74) is 6.49. The predicted molar refractivity (Wildman–Crippen MR) is 190 cm³/mol. The Kier molecular flexibility index (Phi) is 5.98. The third-order valence-corrected chi connectivity index (χ3v) is 9.64. The highest BCUT2D eigenvalue weighted by atomic mass is 32.1. The molecule has 0 unspecified atom stereocenters. The lowest BCUT2D eigenvalue weighted by molar-refractivity contribution is 1.07. The zero-order chi connectivity index (χ0) is 30.6. The van der Waals surface area contributed by atoms with Gasteiger partial charge in [0.2, 0.25) is 0 Å². The highest BCUT2D eigenvalue weighted by Crippen LogP contribution is 2.43. The Morgan fingerprint density at radius 3 is 1.96 bits per heavy atom. The monoisotopic (exact) mass is 605 g/mol. The van der Waals surface area contributed by atoms with Gasteiger partial charge in [0.1, 0.15) is 0 Å². The van der Waals surface area contributed by atoms with E-state index in [9.17, 15) is 0 Å². The quantitative estimate of drug-likeness (QED) is 0.188. The number of benzene rings is 6. The van der Waals surface area contributed by atoms with Gasteiger partial charge in [-0.1, -0.05) is 109 Å². The molecule has 0 aliphatic heterocycles. The fourth-order valence-corrected chi connectivity index (χ4v) is 7.59. The second-order valence-electron chi connectivity index (χ2n) is 11.2. The molecule has 0 saturated heterocycles. The van der Waals surface area contributed by atoms with Crippen molar-refractivity contribution in [3.8, 4) is 39.9 Å². The molecule has 3 heterocycles. The molecule has 0 amide bonds. The molecule has 0 N–H and O–H groups in total. The van der Waals surface area contributed by atoms with Crippen LogP contribution >= 0.6 is 11.3 Å². The summed E-state index contributed by atoms with van der Waals surface area (Å²) >= 11 is 1.84. The molecule has 214 valence electrons. The van der Waals surface area contributed by atoms with Crippen molar-refractivity contribution in [1.29, 1.82) is 0 Å². The SMILES string of the molecule is [C-]#[N+]c1cccc(-c2nc(-c3ccccc3)nc(-c3cccc(-n4c5ccccc5c5ccc6c7ccccc7sc6c54)c3)n2)c1. The maximum absolute atomic E-state index is 7.52. The lowest BCUT2D eigenvalue weighted by atomic mass is 10.1. The molecule has 46 heavy (non-hydrogen) atoms. The van der Waals surface area contributed by atoms with E-state index in [0.717, 1.165) is 27.9 Å². The summed E-state index contributed by atoms with van der Waals surface area (Å²) in [6, 6.07) is 47.6. The highest BCUT2D eigenvalue weighted by Gasteiger charge is 2.19. The number of hydrogen-bond donors (Lipinski definition) is 0. The number of hydrogen-bond acceptors (Lipinski definition) is 4. The lowest BCUT2D eigenvalue weighted by Crippen LogP contribution is -2.01. The Morgan fingerprint density at radius 1 is 0.522 bits per heavy atom. The molecule has 0 saturated carbocycles. The van der Waals surface area contributed by atoms with Crippen LogP contribution < -0.4 is 0 Å². The first-order valence-electron chi connectivity index (χ1n) is 15.0. The molecule has 9 rings (SSSR count). The Hall–Kier alpha value is -6.16. The van der Waals surface area contributed by atoms with E-state index < -0.39 is 0 Å². The molecule has 0 radical (unpaired) electrons. The number of fused-ring (bicyclic) bond motifs is 7. The topological polar surface area (TPSA) is 48.0 Å². The minimum Gasteiger partial charge on any atom is -0.308 e. The first kappa shape index (κ1) is 26.3. The minimum absolute atomic E-state index is 0.531. The maximum Gasteiger partial charge on any atom is 0.187 e. The molecule has 5 nitrogen and oxygen atoms in total. The summed E-state index contributed by atoms with van der Waals surface area (Å²) in [7, 11) is 0. The maximum atomic E-state index is 7.52. The van der Waals surface area contributed by atoms with Crippen molar-refractivity contribution in [2.45, 2.75) is 0 Å². The van der Waals surface area contributed by atoms with Crippen molar-refractivity contribution >= 4 is 59.0 Å². The number of para-hydroxylation sites is 1. The molecule has 0 atom stereocenters. The van der Waals surface area contributed by atoms with Crippen molar-refractivity contribution in [2.75, 3.05) is 0 Å². The highest BCUT2D eigenvalue weighted by molar-refractivity contribution is 7.26. The summed E-state index contributed by atoms with van der Waals surface area (Å²) < 4.78 is 4.93. The molecule has 9 aromatic rings. The van der Waals surface area contributed by atoms with Crippen molar-refractivity contribution in [1.82, 2.24) is 19.5 Å². The molecular weight excluding hydrogens is 583 g/mol. The number of rotatable bonds is 4. The third kappa shape index (κ3) is 4.18. The van der Waals surface area contributed by atoms with Crippen LogP contribution in [0.15, 0.2) is 140 Å². The smallest absolute Gasteiger partial charge is 0.187 e. The fourth-order valence-electron chi connectivity index (χ4n) is 6.35. The van der Waals surface area contributed by atoms with Gasteiger partial charge in [-0.05, 0) is 30.3 Å². The van der Waals surface area contributed by atoms with Crippen LogP contribution in [0.2, 0.25) is 0 Å². The predicted octanol–water partition coefficient (Wildman–Crippen LogP) is 10.9. The normalized spacial score (nSPS) is 11.5. The van der Waals surface area contributed by atoms with Crippen LogP contribution in [0.4, 0.5) is 5.69 Å². The summed E-state index contributed by atoms with van der Waals surface area (Å²) in [5, 5.41) is 5.00. The van der Waals surface area contributed by atoms with Gasteiger partial charge in [-0.25, -0.2) is 19.8 Å². The number of aromatic nitrogens is 4. The molecule has 0 bridgehead atoms. The molecular formula is C40H23N5S. The third-order valence-electron chi connectivity index (χ3n) is 8.44. The standard InChI is InChI=1S/C40H23N5S/c1-41-28-15-9-13-26(23-28)39-42-38(25-11-3-2-4-12-25)43-40(44-39)27-14-10-16-29(24-27)45-34-19-7-5-17-30(34)32-21-22-33-31-18-6-8-20-35(31)46-37(33)36(32)45/h2-24H. The van der Waals surface area contributed by atoms with Crippen LogP contribution in [0.5, 0.6) is 0 Å². The number of thiophene rings is 1. The zero-order valence-electron chi connectivity index (χ0n) is 24.4. The summed E-state index contributed by atoms with van der Waals surface area (Å²) in [5.74, 6) is 1.69. The van der Waals surface area contributed by atoms with Crippen molar-refractivity contribution in [2.24, 2.45) is 0 Å². The molecule has 6 heteroatoms. The van der Waals surface area contributed by atoms with Gasteiger partial charge in [-0.15, -0.1) is 11.3 Å². The van der Waals surface area contributed by atoms with Gasteiger partial charge in [0.15, 0.2) is 23.2 Å². The Labute approximate surface area is 268 Å². The molecule has 3 aromatic heterocycles. The van der Waals surface area contributed by atoms with E-state index >= 15 is 0 Å². The first-order chi connectivity index (χ1) is 22.7. The van der Waals surface area contributed by atoms with Gasteiger partial charge in [0.05, 0.1) is 22.3 Å². The minimum atomic E-state index is 0.531. The van der Waals surface area contributed by atoms with E-state index in [1.165, 1.54) is 36.5 Å². The fraction of sp³-hybridized carbons (Fsp3) is 0. The zero-order valence-corrected chi connectivity index (χ0v) is 25.2. The van der Waals surface area contributed by atoms with Crippen LogP contribution in [0.1, 0.15) is 0 Å². The van der Waals surface area contributed by atoms with Gasteiger partial charge < -0.3 is 4.57 Å². The summed E-state index contributed by atoms with van der Waals surface area (Å²) in [4.78, 5) is 18.4. The molecule has 0 aliphatic carbocycles. The van der Waals surface area contributed by atoms with Crippen LogP contribution in [-0.2, 0) is 0 Å². The second-order valence-corrected chi connectivity index (χ2v) is 12.2. The van der Waals surface area contributed by atoms with Crippen LogP contribution in [0.3, 0.4) is 0 Å². The van der Waals surface area contributed by atoms with Gasteiger partial charge in [-0.3, -0.25) is 0 Å². The van der Waals surface area contributed by atoms with E-state index in [2.05, 4.69) is 94.3 Å². The van der Waals surface area contributed by atoms with Crippen molar-refractivity contribution < 1.29 is 0 Å². The largest absolute Gasteiger partial charge is 0.308 e. The van der Waals surface area contributed by atoms with Crippen molar-refractivity contribution in [3.63, 3.8) is 0 Å². The molecule has 0 spiro atoms. The van der Waals surface area contributed by atoms with Gasteiger partial charge >= 0.3 is 0 Å². The summed E-state index contributed by atoms with van der Waals surface area (Å²) in [6.45, 7) is 7.52. The van der Waals surface area contributed by atoms with E-state index in [1.54, 1.807) is 6.07 Å². The van der Waals surface area contributed by atoms with Gasteiger partial charge in [0.25, 0.3) is 0 Å².